The Bertz CT molecular complexity index is 839. The summed E-state index contributed by atoms with van der Waals surface area (Å²) in [7, 11) is 0. The first-order valence-electron chi connectivity index (χ1n) is 6.26. The first-order chi connectivity index (χ1) is 10.1. The molecule has 2 aromatic carbocycles. The lowest BCUT2D eigenvalue weighted by Gasteiger charge is -2.08. The van der Waals surface area contributed by atoms with Gasteiger partial charge in [-0.2, -0.15) is 0 Å². The normalized spacial score (nSPS) is 11.0. The first kappa shape index (κ1) is 14.5. The van der Waals surface area contributed by atoms with Gasteiger partial charge in [0.2, 0.25) is 0 Å². The highest BCUT2D eigenvalue weighted by atomic mass is 35.5. The Morgan fingerprint density at radius 3 is 2.67 bits per heavy atom. The van der Waals surface area contributed by atoms with Crippen LogP contribution in [0.25, 0.3) is 10.9 Å². The molecule has 2 nitrogen and oxygen atoms in total. The molecule has 0 unspecified atom stereocenters. The topological polar surface area (TPSA) is 22.0 Å². The largest absolute Gasteiger partial charge is 0.342 e. The maximum atomic E-state index is 11.2. The molecule has 0 aliphatic rings. The van der Waals surface area contributed by atoms with Gasteiger partial charge in [-0.1, -0.05) is 53.0 Å². The van der Waals surface area contributed by atoms with Crippen LogP contribution in [0.3, 0.4) is 0 Å². The second-order valence-electron chi connectivity index (χ2n) is 4.70. The van der Waals surface area contributed by atoms with Crippen molar-refractivity contribution < 1.29 is 4.79 Å². The van der Waals surface area contributed by atoms with Crippen LogP contribution in [0.5, 0.6) is 0 Å². The molecule has 0 N–H and O–H groups in total. The Balaban J connectivity index is 2.14. The number of carbonyl (C=O) groups excluding carboxylic acids is 1. The number of hydrogen-bond acceptors (Lipinski definition) is 1. The quantitative estimate of drug-likeness (QED) is 0.581. The molecule has 1 aromatic heterocycles. The third-order valence-electron chi connectivity index (χ3n) is 3.37. The molecule has 0 spiro atoms. The van der Waals surface area contributed by atoms with Crippen molar-refractivity contribution in [2.75, 3.05) is 0 Å². The number of benzene rings is 2. The molecule has 3 rings (SSSR count). The maximum absolute atomic E-state index is 11.2. The zero-order chi connectivity index (χ0) is 15.0. The van der Waals surface area contributed by atoms with Gasteiger partial charge >= 0.3 is 0 Å². The molecule has 106 valence electrons. The lowest BCUT2D eigenvalue weighted by molar-refractivity contribution is 0.112. The molecule has 0 fully saturated rings. The molecule has 0 aliphatic heterocycles. The summed E-state index contributed by atoms with van der Waals surface area (Å²) in [6, 6.07) is 11.0. The SMILES string of the molecule is O=Cc1cn(Cc2cccc(Cl)c2Cl)c2cc(Cl)ccc12. The van der Waals surface area contributed by atoms with E-state index in [2.05, 4.69) is 0 Å². The van der Waals surface area contributed by atoms with Gasteiger partial charge in [-0.15, -0.1) is 0 Å². The minimum absolute atomic E-state index is 0.513. The van der Waals surface area contributed by atoms with Crippen molar-refractivity contribution in [3.8, 4) is 0 Å². The smallest absolute Gasteiger partial charge is 0.152 e. The predicted octanol–water partition coefficient (Wildman–Crippen LogP) is 5.46. The van der Waals surface area contributed by atoms with Gasteiger partial charge in [0.25, 0.3) is 0 Å². The molecule has 0 radical (unpaired) electrons. The van der Waals surface area contributed by atoms with Crippen molar-refractivity contribution in [1.82, 2.24) is 4.57 Å². The molecule has 1 heterocycles. The zero-order valence-corrected chi connectivity index (χ0v) is 13.1. The van der Waals surface area contributed by atoms with Crippen molar-refractivity contribution in [3.05, 3.63) is 68.8 Å². The molecule has 0 aliphatic carbocycles. The van der Waals surface area contributed by atoms with Crippen molar-refractivity contribution in [2.45, 2.75) is 6.54 Å². The van der Waals surface area contributed by atoms with E-state index in [9.17, 15) is 4.79 Å². The third-order valence-corrected chi connectivity index (χ3v) is 4.47. The van der Waals surface area contributed by atoms with Crippen LogP contribution >= 0.6 is 34.8 Å². The number of nitrogens with zero attached hydrogens (tertiary/aromatic N) is 1. The van der Waals surface area contributed by atoms with E-state index < -0.39 is 0 Å². The van der Waals surface area contributed by atoms with Crippen LogP contribution in [0.2, 0.25) is 15.1 Å². The van der Waals surface area contributed by atoms with Crippen LogP contribution in [0.4, 0.5) is 0 Å². The van der Waals surface area contributed by atoms with Crippen LogP contribution in [0.15, 0.2) is 42.6 Å². The first-order valence-corrected chi connectivity index (χ1v) is 7.40. The fraction of sp³-hybridized carbons (Fsp3) is 0.0625. The number of hydrogen-bond donors (Lipinski definition) is 0. The second kappa shape index (κ2) is 5.72. The fourth-order valence-electron chi connectivity index (χ4n) is 2.37. The maximum Gasteiger partial charge on any atom is 0.152 e. The third kappa shape index (κ3) is 2.67. The van der Waals surface area contributed by atoms with Crippen LogP contribution < -0.4 is 0 Å². The minimum Gasteiger partial charge on any atom is -0.342 e. The second-order valence-corrected chi connectivity index (χ2v) is 5.93. The van der Waals surface area contributed by atoms with E-state index >= 15 is 0 Å². The molecule has 3 aromatic rings. The van der Waals surface area contributed by atoms with E-state index in [-0.39, 0.29) is 0 Å². The molecular weight excluding hydrogens is 329 g/mol. The number of aldehydes is 1. The van der Waals surface area contributed by atoms with E-state index in [0.29, 0.717) is 27.2 Å². The molecule has 5 heteroatoms. The number of rotatable bonds is 3. The molecule has 21 heavy (non-hydrogen) atoms. The summed E-state index contributed by atoms with van der Waals surface area (Å²) in [6.07, 6.45) is 2.64. The van der Waals surface area contributed by atoms with Crippen molar-refractivity contribution >= 4 is 52.0 Å². The van der Waals surface area contributed by atoms with Gasteiger partial charge in [0.15, 0.2) is 6.29 Å². The molecule has 0 atom stereocenters. The Labute approximate surface area is 136 Å². The van der Waals surface area contributed by atoms with Gasteiger partial charge in [0.1, 0.15) is 0 Å². The number of aromatic nitrogens is 1. The average Bonchev–Trinajstić information content (AvgIpc) is 2.81. The van der Waals surface area contributed by atoms with Gasteiger partial charge < -0.3 is 4.57 Å². The average molecular weight is 339 g/mol. The summed E-state index contributed by atoms with van der Waals surface area (Å²) >= 11 is 18.3. The molecule has 0 saturated heterocycles. The van der Waals surface area contributed by atoms with E-state index in [4.69, 9.17) is 34.8 Å². The summed E-state index contributed by atoms with van der Waals surface area (Å²) < 4.78 is 1.95. The fourth-order valence-corrected chi connectivity index (χ4v) is 2.92. The van der Waals surface area contributed by atoms with Crippen molar-refractivity contribution in [3.63, 3.8) is 0 Å². The van der Waals surface area contributed by atoms with Crippen molar-refractivity contribution in [2.24, 2.45) is 0 Å². The van der Waals surface area contributed by atoms with E-state index in [1.54, 1.807) is 18.3 Å². The highest BCUT2D eigenvalue weighted by Crippen LogP contribution is 2.29. The zero-order valence-electron chi connectivity index (χ0n) is 10.8. The summed E-state index contributed by atoms with van der Waals surface area (Å²) in [5.74, 6) is 0. The van der Waals surface area contributed by atoms with Gasteiger partial charge in [0, 0.05) is 28.7 Å². The highest BCUT2D eigenvalue weighted by Gasteiger charge is 2.11. The van der Waals surface area contributed by atoms with Crippen LogP contribution in [-0.4, -0.2) is 10.9 Å². The van der Waals surface area contributed by atoms with Crippen LogP contribution in [-0.2, 0) is 6.54 Å². The van der Waals surface area contributed by atoms with Crippen molar-refractivity contribution in [1.29, 1.82) is 0 Å². The Hall–Kier alpha value is -1.48. The Morgan fingerprint density at radius 2 is 1.90 bits per heavy atom. The van der Waals surface area contributed by atoms with E-state index in [1.165, 1.54) is 0 Å². The molecule has 0 bridgehead atoms. The molecular formula is C16H10Cl3NO. The van der Waals surface area contributed by atoms with E-state index in [1.807, 2.05) is 28.8 Å². The van der Waals surface area contributed by atoms with Gasteiger partial charge in [-0.05, 0) is 23.8 Å². The standard InChI is InChI=1S/C16H10Cl3NO/c17-12-4-5-13-11(9-21)8-20(15(13)6-12)7-10-2-1-3-14(18)16(10)19/h1-6,8-9H,7H2. The van der Waals surface area contributed by atoms with Crippen LogP contribution in [0.1, 0.15) is 15.9 Å². The predicted molar refractivity (Wildman–Crippen MR) is 87.9 cm³/mol. The van der Waals surface area contributed by atoms with Gasteiger partial charge in [-0.25, -0.2) is 0 Å². The van der Waals surface area contributed by atoms with E-state index in [0.717, 1.165) is 22.8 Å². The monoisotopic (exact) mass is 337 g/mol. The van der Waals surface area contributed by atoms with Gasteiger partial charge in [-0.3, -0.25) is 4.79 Å². The highest BCUT2D eigenvalue weighted by molar-refractivity contribution is 6.42. The Morgan fingerprint density at radius 1 is 1.10 bits per heavy atom. The number of fused-ring (bicyclic) bond motifs is 1. The van der Waals surface area contributed by atoms with Crippen LogP contribution in [0, 0.1) is 0 Å². The lowest BCUT2D eigenvalue weighted by atomic mass is 10.2. The summed E-state index contributed by atoms with van der Waals surface area (Å²) in [4.78, 5) is 11.2. The number of carbonyl (C=O) groups is 1. The molecule has 0 saturated carbocycles. The lowest BCUT2D eigenvalue weighted by Crippen LogP contribution is -1.99. The summed E-state index contributed by atoms with van der Waals surface area (Å²) in [5.41, 5.74) is 2.40. The summed E-state index contributed by atoms with van der Waals surface area (Å²) in [6.45, 7) is 0.518. The minimum atomic E-state index is 0.513. The summed E-state index contributed by atoms with van der Waals surface area (Å²) in [5, 5.41) is 2.53. The van der Waals surface area contributed by atoms with Gasteiger partial charge in [0.05, 0.1) is 15.6 Å². The molecule has 0 amide bonds. The number of halogens is 3. The Kier molecular flexibility index (Phi) is 3.94.